The molecule has 4 rings (SSSR count). The third kappa shape index (κ3) is 4.41. The Kier molecular flexibility index (Phi) is 5.69. The molecule has 8 heteroatoms. The molecule has 0 saturated carbocycles. The van der Waals surface area contributed by atoms with Gasteiger partial charge in [-0.25, -0.2) is 0 Å². The normalized spacial score (nSPS) is 16.4. The zero-order valence-electron chi connectivity index (χ0n) is 16.9. The molecule has 0 aliphatic carbocycles. The molecule has 0 radical (unpaired) electrons. The summed E-state index contributed by atoms with van der Waals surface area (Å²) in [7, 11) is 0. The average molecular weight is 440 g/mol. The van der Waals surface area contributed by atoms with Crippen LogP contribution in [0, 0.1) is 6.92 Å². The van der Waals surface area contributed by atoms with Crippen LogP contribution in [-0.4, -0.2) is 27.4 Å². The number of imide groups is 1. The summed E-state index contributed by atoms with van der Waals surface area (Å²) in [5, 5.41) is 17.7. The lowest BCUT2D eigenvalue weighted by Crippen LogP contribution is -2.41. The monoisotopic (exact) mass is 439 g/mol. The van der Waals surface area contributed by atoms with Crippen LogP contribution < -0.4 is 10.6 Å². The van der Waals surface area contributed by atoms with Crippen LogP contribution in [0.4, 0.5) is 0 Å². The van der Waals surface area contributed by atoms with Crippen LogP contribution in [0.15, 0.2) is 42.6 Å². The van der Waals surface area contributed by atoms with Gasteiger partial charge in [-0.2, -0.15) is 0 Å². The minimum Gasteiger partial charge on any atom is -0.494 e. The maximum atomic E-state index is 12.3. The smallest absolute Gasteiger partial charge is 0.249 e. The summed E-state index contributed by atoms with van der Waals surface area (Å²) >= 11 is 6.12. The molecule has 3 aromatic rings. The molecule has 7 nitrogen and oxygen atoms in total. The van der Waals surface area contributed by atoms with Crippen LogP contribution in [0.25, 0.3) is 10.8 Å². The quantitative estimate of drug-likeness (QED) is 0.531. The second-order valence-electron chi connectivity index (χ2n) is 7.79. The number of hydrogen-bond acceptors (Lipinski definition) is 4. The Morgan fingerprint density at radius 3 is 2.74 bits per heavy atom. The van der Waals surface area contributed by atoms with E-state index in [4.69, 9.17) is 11.6 Å². The lowest BCUT2D eigenvalue weighted by molar-refractivity contribution is -0.135. The van der Waals surface area contributed by atoms with E-state index >= 15 is 0 Å². The fraction of sp³-hybridized carbons (Fsp3) is 0.261. The molecule has 3 N–H and O–H groups in total. The van der Waals surface area contributed by atoms with E-state index in [1.165, 1.54) is 4.57 Å². The molecular formula is C23H22ClN3O4. The second-order valence-corrected chi connectivity index (χ2v) is 8.19. The van der Waals surface area contributed by atoms with Crippen molar-refractivity contribution < 1.29 is 19.5 Å². The van der Waals surface area contributed by atoms with Gasteiger partial charge in [-0.15, -0.1) is 0 Å². The summed E-state index contributed by atoms with van der Waals surface area (Å²) in [6.07, 6.45) is 2.50. The number of benzene rings is 2. The molecule has 0 spiro atoms. The fourth-order valence-electron chi connectivity index (χ4n) is 3.76. The maximum Gasteiger partial charge on any atom is 0.249 e. The van der Waals surface area contributed by atoms with Gasteiger partial charge < -0.3 is 15.0 Å². The number of rotatable bonds is 5. The van der Waals surface area contributed by atoms with Crippen molar-refractivity contribution in [2.75, 3.05) is 0 Å². The SMILES string of the molecule is Cc1ccc(CC(=O)NCc2ccc3c(O)n(C4CCC(=O)NC4=O)cc3c2)cc1Cl. The summed E-state index contributed by atoms with van der Waals surface area (Å²) in [6.45, 7) is 2.24. The van der Waals surface area contributed by atoms with E-state index in [9.17, 15) is 19.5 Å². The molecule has 160 valence electrons. The number of carbonyl (C=O) groups excluding carboxylic acids is 3. The number of hydrogen-bond donors (Lipinski definition) is 3. The first-order chi connectivity index (χ1) is 14.8. The lowest BCUT2D eigenvalue weighted by atomic mass is 10.1. The van der Waals surface area contributed by atoms with Crippen LogP contribution in [0.3, 0.4) is 0 Å². The molecule has 1 aliphatic heterocycles. The molecule has 3 amide bonds. The molecule has 1 aliphatic rings. The van der Waals surface area contributed by atoms with Gasteiger partial charge in [0.15, 0.2) is 5.88 Å². The molecule has 1 atom stereocenters. The third-order valence-corrected chi connectivity index (χ3v) is 5.92. The number of aromatic nitrogens is 1. The first-order valence-electron chi connectivity index (χ1n) is 9.99. The van der Waals surface area contributed by atoms with Crippen molar-refractivity contribution in [1.82, 2.24) is 15.2 Å². The Labute approximate surface area is 184 Å². The molecule has 0 bridgehead atoms. The van der Waals surface area contributed by atoms with Crippen molar-refractivity contribution in [3.8, 4) is 5.88 Å². The van der Waals surface area contributed by atoms with Gasteiger partial charge in [0.05, 0.1) is 6.42 Å². The van der Waals surface area contributed by atoms with E-state index in [0.717, 1.165) is 22.1 Å². The number of amides is 3. The highest BCUT2D eigenvalue weighted by atomic mass is 35.5. The van der Waals surface area contributed by atoms with Crippen LogP contribution >= 0.6 is 11.6 Å². The van der Waals surface area contributed by atoms with Crippen molar-refractivity contribution in [1.29, 1.82) is 0 Å². The topological polar surface area (TPSA) is 100 Å². The third-order valence-electron chi connectivity index (χ3n) is 5.52. The number of halogens is 1. The Balaban J connectivity index is 1.45. The Morgan fingerprint density at radius 2 is 2.00 bits per heavy atom. The summed E-state index contributed by atoms with van der Waals surface area (Å²) in [4.78, 5) is 35.8. The van der Waals surface area contributed by atoms with Gasteiger partial charge in [0.1, 0.15) is 6.04 Å². The molecule has 2 aromatic carbocycles. The standard InChI is InChI=1S/C23H22ClN3O4/c1-13-2-3-14(9-18(13)24)10-21(29)25-11-15-4-5-17-16(8-15)12-27(23(17)31)19-6-7-20(28)26-22(19)30/h2-5,8-9,12,19,31H,6-7,10-11H2,1H3,(H,25,29)(H,26,28,30). The van der Waals surface area contributed by atoms with E-state index in [-0.39, 0.29) is 30.5 Å². The van der Waals surface area contributed by atoms with Crippen molar-refractivity contribution in [2.24, 2.45) is 0 Å². The first-order valence-corrected chi connectivity index (χ1v) is 10.4. The van der Waals surface area contributed by atoms with Crippen LogP contribution in [-0.2, 0) is 27.3 Å². The summed E-state index contributed by atoms with van der Waals surface area (Å²) < 4.78 is 1.50. The Morgan fingerprint density at radius 1 is 1.23 bits per heavy atom. The van der Waals surface area contributed by atoms with E-state index in [1.807, 2.05) is 31.2 Å². The van der Waals surface area contributed by atoms with E-state index < -0.39 is 11.9 Å². The number of aromatic hydroxyl groups is 1. The lowest BCUT2D eigenvalue weighted by Gasteiger charge is -2.22. The minimum absolute atomic E-state index is 0.0173. The molecule has 31 heavy (non-hydrogen) atoms. The number of aryl methyl sites for hydroxylation is 1. The zero-order valence-corrected chi connectivity index (χ0v) is 17.7. The Hall–Kier alpha value is -3.32. The highest BCUT2D eigenvalue weighted by Gasteiger charge is 2.30. The fourth-order valence-corrected chi connectivity index (χ4v) is 3.97. The highest BCUT2D eigenvalue weighted by Crippen LogP contribution is 2.33. The minimum atomic E-state index is -0.630. The Bertz CT molecular complexity index is 1200. The van der Waals surface area contributed by atoms with Crippen LogP contribution in [0.2, 0.25) is 5.02 Å². The zero-order chi connectivity index (χ0) is 22.1. The van der Waals surface area contributed by atoms with Crippen LogP contribution in [0.1, 0.15) is 35.6 Å². The van der Waals surface area contributed by atoms with Gasteiger partial charge in [-0.05, 0) is 48.2 Å². The number of carbonyl (C=O) groups is 3. The molecule has 2 heterocycles. The van der Waals surface area contributed by atoms with E-state index in [2.05, 4.69) is 10.6 Å². The molecular weight excluding hydrogens is 418 g/mol. The number of nitrogens with zero attached hydrogens (tertiary/aromatic N) is 1. The number of piperidine rings is 1. The number of nitrogens with one attached hydrogen (secondary N) is 2. The van der Waals surface area contributed by atoms with Gasteiger partial charge in [0.2, 0.25) is 17.7 Å². The van der Waals surface area contributed by atoms with Gasteiger partial charge in [0, 0.05) is 35.0 Å². The van der Waals surface area contributed by atoms with Crippen molar-refractivity contribution >= 4 is 40.1 Å². The predicted molar refractivity (Wildman–Crippen MR) is 117 cm³/mol. The first kappa shape index (κ1) is 20.9. The summed E-state index contributed by atoms with van der Waals surface area (Å²) in [5.74, 6) is -0.862. The van der Waals surface area contributed by atoms with E-state index in [1.54, 1.807) is 18.3 Å². The summed E-state index contributed by atoms with van der Waals surface area (Å²) in [6, 6.07) is 10.4. The largest absolute Gasteiger partial charge is 0.494 e. The van der Waals surface area contributed by atoms with Gasteiger partial charge in [-0.3, -0.25) is 19.7 Å². The highest BCUT2D eigenvalue weighted by molar-refractivity contribution is 6.31. The van der Waals surface area contributed by atoms with Crippen molar-refractivity contribution in [2.45, 2.75) is 38.8 Å². The van der Waals surface area contributed by atoms with Gasteiger partial charge in [0.25, 0.3) is 0 Å². The van der Waals surface area contributed by atoms with Crippen LogP contribution in [0.5, 0.6) is 5.88 Å². The average Bonchev–Trinajstić information content (AvgIpc) is 3.05. The summed E-state index contributed by atoms with van der Waals surface area (Å²) in [5.41, 5.74) is 2.67. The maximum absolute atomic E-state index is 12.3. The molecule has 1 fully saturated rings. The molecule has 1 aromatic heterocycles. The number of fused-ring (bicyclic) bond motifs is 1. The predicted octanol–water partition coefficient (Wildman–Crippen LogP) is 3.15. The van der Waals surface area contributed by atoms with Gasteiger partial charge >= 0.3 is 0 Å². The second kappa shape index (κ2) is 8.43. The molecule has 1 saturated heterocycles. The van der Waals surface area contributed by atoms with Gasteiger partial charge in [-0.1, -0.05) is 29.8 Å². The molecule has 1 unspecified atom stereocenters. The van der Waals surface area contributed by atoms with Crippen molar-refractivity contribution in [3.05, 3.63) is 64.3 Å². The van der Waals surface area contributed by atoms with Crippen molar-refractivity contribution in [3.63, 3.8) is 0 Å². The van der Waals surface area contributed by atoms with E-state index in [0.29, 0.717) is 23.4 Å².